The zero-order chi connectivity index (χ0) is 8.97. The topological polar surface area (TPSA) is 39.2 Å². The van der Waals surface area contributed by atoms with Gasteiger partial charge in [-0.1, -0.05) is 0 Å². The average molecular weight is 185 g/mol. The monoisotopic (exact) mass is 185 g/mol. The van der Waals surface area contributed by atoms with Gasteiger partial charge in [-0.2, -0.15) is 0 Å². The summed E-state index contributed by atoms with van der Waals surface area (Å²) in [5.41, 5.74) is 2.50. The number of aromatic nitrogens is 1. The van der Waals surface area contributed by atoms with Crippen molar-refractivity contribution in [2.24, 2.45) is 0 Å². The van der Waals surface area contributed by atoms with Crippen molar-refractivity contribution >= 4 is 17.3 Å². The SMILES string of the molecule is CCOC(=O)[C@@H](C)c1cscn1. The van der Waals surface area contributed by atoms with Gasteiger partial charge in [-0.15, -0.1) is 11.3 Å². The molecule has 1 aromatic rings. The molecule has 1 heterocycles. The number of ether oxygens (including phenoxy) is 1. The van der Waals surface area contributed by atoms with Crippen molar-refractivity contribution in [1.82, 2.24) is 4.98 Å². The number of esters is 1. The first-order chi connectivity index (χ1) is 5.75. The molecule has 1 rings (SSSR count). The second kappa shape index (κ2) is 4.21. The van der Waals surface area contributed by atoms with E-state index in [2.05, 4.69) is 4.98 Å². The van der Waals surface area contributed by atoms with Gasteiger partial charge < -0.3 is 4.74 Å². The Morgan fingerprint density at radius 2 is 2.58 bits per heavy atom. The minimum atomic E-state index is -0.240. The molecule has 0 unspecified atom stereocenters. The summed E-state index contributed by atoms with van der Waals surface area (Å²) >= 11 is 1.48. The maximum absolute atomic E-state index is 11.2. The molecule has 0 bridgehead atoms. The maximum atomic E-state index is 11.2. The molecule has 66 valence electrons. The summed E-state index contributed by atoms with van der Waals surface area (Å²) in [7, 11) is 0. The highest BCUT2D eigenvalue weighted by Crippen LogP contribution is 2.15. The van der Waals surface area contributed by atoms with E-state index in [-0.39, 0.29) is 11.9 Å². The van der Waals surface area contributed by atoms with Gasteiger partial charge in [-0.05, 0) is 13.8 Å². The second-order valence-electron chi connectivity index (χ2n) is 2.39. The molecule has 0 aromatic carbocycles. The number of hydrogen-bond acceptors (Lipinski definition) is 4. The Hall–Kier alpha value is -0.900. The molecular weight excluding hydrogens is 174 g/mol. The summed E-state index contributed by atoms with van der Waals surface area (Å²) in [5.74, 6) is -0.445. The van der Waals surface area contributed by atoms with Gasteiger partial charge in [-0.25, -0.2) is 4.98 Å². The Kier molecular flexibility index (Phi) is 3.22. The van der Waals surface area contributed by atoms with E-state index >= 15 is 0 Å². The summed E-state index contributed by atoms with van der Waals surface area (Å²) in [5, 5.41) is 1.86. The Balaban J connectivity index is 2.59. The van der Waals surface area contributed by atoms with Gasteiger partial charge in [0.05, 0.1) is 23.7 Å². The average Bonchev–Trinajstić information content (AvgIpc) is 2.55. The van der Waals surface area contributed by atoms with Crippen molar-refractivity contribution in [1.29, 1.82) is 0 Å². The lowest BCUT2D eigenvalue weighted by molar-refractivity contribution is -0.144. The number of carbonyl (C=O) groups excluding carboxylic acids is 1. The van der Waals surface area contributed by atoms with Gasteiger partial charge in [-0.3, -0.25) is 4.79 Å². The number of carbonyl (C=O) groups is 1. The summed E-state index contributed by atoms with van der Waals surface area (Å²) in [6.07, 6.45) is 0. The molecule has 0 saturated heterocycles. The molecule has 0 saturated carbocycles. The van der Waals surface area contributed by atoms with Crippen molar-refractivity contribution in [2.45, 2.75) is 19.8 Å². The van der Waals surface area contributed by atoms with Crippen LogP contribution in [-0.2, 0) is 9.53 Å². The number of thiazole rings is 1. The normalized spacial score (nSPS) is 12.5. The maximum Gasteiger partial charge on any atom is 0.314 e. The quantitative estimate of drug-likeness (QED) is 0.674. The summed E-state index contributed by atoms with van der Waals surface area (Å²) in [4.78, 5) is 15.2. The van der Waals surface area contributed by atoms with E-state index < -0.39 is 0 Å². The lowest BCUT2D eigenvalue weighted by Gasteiger charge is -2.06. The lowest BCUT2D eigenvalue weighted by Crippen LogP contribution is -2.13. The zero-order valence-electron chi connectivity index (χ0n) is 7.11. The molecule has 4 heteroatoms. The third-order valence-electron chi connectivity index (χ3n) is 1.54. The smallest absolute Gasteiger partial charge is 0.314 e. The fourth-order valence-corrected chi connectivity index (χ4v) is 1.47. The zero-order valence-corrected chi connectivity index (χ0v) is 7.93. The minimum Gasteiger partial charge on any atom is -0.465 e. The van der Waals surface area contributed by atoms with E-state index in [1.54, 1.807) is 19.4 Å². The van der Waals surface area contributed by atoms with Crippen LogP contribution < -0.4 is 0 Å². The van der Waals surface area contributed by atoms with Gasteiger partial charge in [0.25, 0.3) is 0 Å². The van der Waals surface area contributed by atoms with Crippen molar-refractivity contribution < 1.29 is 9.53 Å². The summed E-state index contributed by atoms with van der Waals surface area (Å²) in [6.45, 7) is 4.02. The molecule has 0 radical (unpaired) electrons. The van der Waals surface area contributed by atoms with Crippen LogP contribution >= 0.6 is 11.3 Å². The van der Waals surface area contributed by atoms with Crippen molar-refractivity contribution in [3.8, 4) is 0 Å². The molecular formula is C8H11NO2S. The first kappa shape index (κ1) is 9.19. The van der Waals surface area contributed by atoms with Gasteiger partial charge in [0.2, 0.25) is 0 Å². The molecule has 0 aliphatic heterocycles. The van der Waals surface area contributed by atoms with Crippen LogP contribution in [0.4, 0.5) is 0 Å². The van der Waals surface area contributed by atoms with Crippen molar-refractivity contribution in [3.05, 3.63) is 16.6 Å². The predicted molar refractivity (Wildman–Crippen MR) is 47.2 cm³/mol. The summed E-state index contributed by atoms with van der Waals surface area (Å²) < 4.78 is 4.85. The molecule has 0 aliphatic carbocycles. The Bertz CT molecular complexity index is 246. The first-order valence-corrected chi connectivity index (χ1v) is 4.74. The Labute approximate surface area is 75.4 Å². The first-order valence-electron chi connectivity index (χ1n) is 3.80. The Morgan fingerprint density at radius 1 is 1.83 bits per heavy atom. The lowest BCUT2D eigenvalue weighted by atomic mass is 10.1. The van der Waals surface area contributed by atoms with Crippen LogP contribution in [0, 0.1) is 0 Å². The van der Waals surface area contributed by atoms with E-state index in [1.165, 1.54) is 11.3 Å². The van der Waals surface area contributed by atoms with Crippen LogP contribution in [0.15, 0.2) is 10.9 Å². The third kappa shape index (κ3) is 2.04. The fraction of sp³-hybridized carbons (Fsp3) is 0.500. The van der Waals surface area contributed by atoms with E-state index in [0.717, 1.165) is 5.69 Å². The standard InChI is InChI=1S/C8H11NO2S/c1-3-11-8(10)6(2)7-4-12-5-9-7/h4-6H,3H2,1-2H3/t6-/m0/s1. The highest BCUT2D eigenvalue weighted by Gasteiger charge is 2.17. The Morgan fingerprint density at radius 3 is 3.08 bits per heavy atom. The van der Waals surface area contributed by atoms with Gasteiger partial charge in [0.1, 0.15) is 0 Å². The van der Waals surface area contributed by atoms with E-state index in [0.29, 0.717) is 6.61 Å². The van der Waals surface area contributed by atoms with Crippen LogP contribution in [0.1, 0.15) is 25.5 Å². The third-order valence-corrected chi connectivity index (χ3v) is 2.14. The highest BCUT2D eigenvalue weighted by molar-refractivity contribution is 7.07. The molecule has 0 spiro atoms. The molecule has 1 atom stereocenters. The van der Waals surface area contributed by atoms with Crippen LogP contribution in [-0.4, -0.2) is 17.6 Å². The molecule has 12 heavy (non-hydrogen) atoms. The number of nitrogens with zero attached hydrogens (tertiary/aromatic N) is 1. The fourth-order valence-electron chi connectivity index (χ4n) is 0.824. The van der Waals surface area contributed by atoms with E-state index in [1.807, 2.05) is 5.38 Å². The number of rotatable bonds is 3. The molecule has 0 amide bonds. The minimum absolute atomic E-state index is 0.205. The van der Waals surface area contributed by atoms with Crippen LogP contribution in [0.2, 0.25) is 0 Å². The highest BCUT2D eigenvalue weighted by atomic mass is 32.1. The number of hydrogen-bond donors (Lipinski definition) is 0. The second-order valence-corrected chi connectivity index (χ2v) is 3.11. The molecule has 3 nitrogen and oxygen atoms in total. The largest absolute Gasteiger partial charge is 0.465 e. The molecule has 0 N–H and O–H groups in total. The molecule has 0 aliphatic rings. The van der Waals surface area contributed by atoms with Crippen LogP contribution in [0.25, 0.3) is 0 Å². The van der Waals surface area contributed by atoms with E-state index in [9.17, 15) is 4.79 Å². The van der Waals surface area contributed by atoms with Crippen LogP contribution in [0.3, 0.4) is 0 Å². The predicted octanol–water partition coefficient (Wildman–Crippen LogP) is 1.81. The summed E-state index contributed by atoms with van der Waals surface area (Å²) in [6, 6.07) is 0. The van der Waals surface area contributed by atoms with Gasteiger partial charge in [0, 0.05) is 5.38 Å². The van der Waals surface area contributed by atoms with Crippen molar-refractivity contribution in [2.75, 3.05) is 6.61 Å². The van der Waals surface area contributed by atoms with E-state index in [4.69, 9.17) is 4.74 Å². The van der Waals surface area contributed by atoms with Gasteiger partial charge in [0.15, 0.2) is 0 Å². The van der Waals surface area contributed by atoms with Gasteiger partial charge >= 0.3 is 5.97 Å². The molecule has 0 fully saturated rings. The molecule has 1 aromatic heterocycles. The van der Waals surface area contributed by atoms with Crippen molar-refractivity contribution in [3.63, 3.8) is 0 Å². The van der Waals surface area contributed by atoms with Crippen LogP contribution in [0.5, 0.6) is 0 Å².